The molecule has 6 rings (SSSR count). The summed E-state index contributed by atoms with van der Waals surface area (Å²) in [6.07, 6.45) is 1.43. The number of likely N-dealkylation sites (tertiary alicyclic amines) is 1. The van der Waals surface area contributed by atoms with Gasteiger partial charge in [-0.25, -0.2) is 4.98 Å². The molecule has 14 heteroatoms. The highest BCUT2D eigenvalue weighted by molar-refractivity contribution is 5.96. The largest absolute Gasteiger partial charge is 0.522 e. The van der Waals surface area contributed by atoms with Crippen molar-refractivity contribution in [1.82, 2.24) is 24.3 Å². The summed E-state index contributed by atoms with van der Waals surface area (Å²) in [7, 11) is 4.59. The maximum atomic E-state index is 13.9. The zero-order chi connectivity index (χ0) is 35.3. The number of alkyl halides is 3. The van der Waals surface area contributed by atoms with Crippen molar-refractivity contribution < 1.29 is 36.9 Å². The summed E-state index contributed by atoms with van der Waals surface area (Å²) in [6.45, 7) is 4.55. The molecule has 1 unspecified atom stereocenters. The number of methoxy groups -OCH3 is 3. The third-order valence-corrected chi connectivity index (χ3v) is 9.84. The Bertz CT molecular complexity index is 1750. The molecule has 1 atom stereocenters. The molecule has 4 heterocycles. The quantitative estimate of drug-likeness (QED) is 0.194. The van der Waals surface area contributed by atoms with Crippen LogP contribution < -0.4 is 19.1 Å². The number of hydrogen-bond acceptors (Lipinski definition) is 9. The number of nitrogens with zero attached hydrogens (tertiary/aromatic N) is 6. The van der Waals surface area contributed by atoms with Crippen LogP contribution in [0, 0.1) is 0 Å². The second kappa shape index (κ2) is 15.1. The fourth-order valence-corrected chi connectivity index (χ4v) is 7.27. The van der Waals surface area contributed by atoms with E-state index in [1.165, 1.54) is 21.3 Å². The van der Waals surface area contributed by atoms with E-state index in [0.717, 1.165) is 62.0 Å². The number of anilines is 1. The van der Waals surface area contributed by atoms with Gasteiger partial charge < -0.3 is 33.5 Å². The van der Waals surface area contributed by atoms with Crippen molar-refractivity contribution in [3.63, 3.8) is 0 Å². The van der Waals surface area contributed by atoms with E-state index < -0.39 is 13.0 Å². The molecule has 2 saturated heterocycles. The summed E-state index contributed by atoms with van der Waals surface area (Å²) in [6, 6.07) is 15.0. The molecule has 0 N–H and O–H groups in total. The number of rotatable bonds is 12. The maximum Gasteiger partial charge on any atom is 0.522 e. The van der Waals surface area contributed by atoms with E-state index in [1.807, 2.05) is 45.9 Å². The van der Waals surface area contributed by atoms with Crippen molar-refractivity contribution in [2.75, 3.05) is 78.6 Å². The summed E-state index contributed by atoms with van der Waals surface area (Å²) >= 11 is 0. The lowest BCUT2D eigenvalue weighted by Crippen LogP contribution is -2.39. The van der Waals surface area contributed by atoms with Gasteiger partial charge in [0, 0.05) is 62.6 Å². The van der Waals surface area contributed by atoms with Crippen molar-refractivity contribution in [2.24, 2.45) is 0 Å². The highest BCUT2D eigenvalue weighted by atomic mass is 19.4. The van der Waals surface area contributed by atoms with E-state index in [9.17, 15) is 18.0 Å². The zero-order valence-corrected chi connectivity index (χ0v) is 28.6. The monoisotopic (exact) mass is 696 g/mol. The zero-order valence-electron chi connectivity index (χ0n) is 28.6. The minimum absolute atomic E-state index is 0.0370. The van der Waals surface area contributed by atoms with Crippen molar-refractivity contribution in [1.29, 1.82) is 0 Å². The number of hydrogen-bond donors (Lipinski definition) is 0. The molecule has 1 amide bonds. The molecule has 2 aliphatic heterocycles. The number of carbonyl (C=O) groups excluding carboxylic acids is 1. The minimum atomic E-state index is -4.69. The number of para-hydroxylation sites is 2. The second-order valence-corrected chi connectivity index (χ2v) is 12.7. The standard InChI is InChI=1S/C36H43F3N6O5/c1-47-30-23-26(24-31(48-2)32(30)49-3)33(46)44-18-12-35(25-44,27-9-13-40-14-10-27)11-17-42-15-6-16-43(20-19-42)34-41-28-7-4-5-8-29(28)45(34)21-22-50-36(37,38)39/h4-5,7-10,13-14,23-24H,6,11-12,15-22,25H2,1-3H3. The number of benzene rings is 2. The lowest BCUT2D eigenvalue weighted by atomic mass is 9.77. The summed E-state index contributed by atoms with van der Waals surface area (Å²) in [5.41, 5.74) is 2.87. The van der Waals surface area contributed by atoms with Gasteiger partial charge in [0.15, 0.2) is 11.5 Å². The van der Waals surface area contributed by atoms with Gasteiger partial charge >= 0.3 is 6.36 Å². The molecule has 50 heavy (non-hydrogen) atoms. The molecule has 0 radical (unpaired) electrons. The number of imidazole rings is 1. The first-order valence-electron chi connectivity index (χ1n) is 16.8. The molecule has 0 spiro atoms. The number of ether oxygens (including phenoxy) is 4. The van der Waals surface area contributed by atoms with Crippen LogP contribution in [0.1, 0.15) is 35.2 Å². The van der Waals surface area contributed by atoms with Crippen molar-refractivity contribution in [3.8, 4) is 17.2 Å². The molecule has 2 aliphatic rings. The fraction of sp³-hybridized carbons (Fsp3) is 0.472. The molecular formula is C36H43F3N6O5. The number of carbonyl (C=O) groups is 1. The summed E-state index contributed by atoms with van der Waals surface area (Å²) in [5.74, 6) is 1.84. The minimum Gasteiger partial charge on any atom is -0.493 e. The van der Waals surface area contributed by atoms with E-state index in [-0.39, 0.29) is 17.9 Å². The Morgan fingerprint density at radius 1 is 0.900 bits per heavy atom. The van der Waals surface area contributed by atoms with E-state index in [1.54, 1.807) is 24.5 Å². The van der Waals surface area contributed by atoms with Crippen molar-refractivity contribution in [3.05, 3.63) is 72.1 Å². The summed E-state index contributed by atoms with van der Waals surface area (Å²) in [4.78, 5) is 29.5. The Kier molecular flexibility index (Phi) is 10.7. The van der Waals surface area contributed by atoms with Crippen molar-refractivity contribution >= 4 is 22.9 Å². The van der Waals surface area contributed by atoms with Crippen LogP contribution in [0.4, 0.5) is 19.1 Å². The Labute approximate surface area is 289 Å². The normalized spacial score (nSPS) is 18.8. The van der Waals surface area contributed by atoms with Gasteiger partial charge in [-0.15, -0.1) is 13.2 Å². The first-order valence-corrected chi connectivity index (χ1v) is 16.8. The molecule has 0 saturated carbocycles. The smallest absolute Gasteiger partial charge is 0.493 e. The van der Waals surface area contributed by atoms with E-state index in [2.05, 4.69) is 19.5 Å². The average Bonchev–Trinajstić information content (AvgIpc) is 3.64. The SMILES string of the molecule is COc1cc(C(=O)N2CCC(CCN3CCCN(c4nc5ccccc5n4CCOC(F)(F)F)CC3)(c3ccncc3)C2)cc(OC)c1OC. The molecule has 4 aromatic rings. The lowest BCUT2D eigenvalue weighted by Gasteiger charge is -2.33. The van der Waals surface area contributed by atoms with Crippen LogP contribution >= 0.6 is 0 Å². The second-order valence-electron chi connectivity index (χ2n) is 12.7. The first kappa shape index (κ1) is 35.3. The van der Waals surface area contributed by atoms with Gasteiger partial charge in [0.25, 0.3) is 5.91 Å². The molecule has 268 valence electrons. The molecular weight excluding hydrogens is 653 g/mol. The number of fused-ring (bicyclic) bond motifs is 1. The van der Waals surface area contributed by atoms with Crippen LogP contribution in [-0.4, -0.2) is 110 Å². The van der Waals surface area contributed by atoms with Crippen LogP contribution in [0.25, 0.3) is 11.0 Å². The van der Waals surface area contributed by atoms with Crippen LogP contribution in [0.5, 0.6) is 17.2 Å². The molecule has 2 aromatic heterocycles. The van der Waals surface area contributed by atoms with Crippen molar-refractivity contribution in [2.45, 2.75) is 37.6 Å². The van der Waals surface area contributed by atoms with Gasteiger partial charge in [-0.05, 0) is 74.3 Å². The predicted molar refractivity (Wildman–Crippen MR) is 182 cm³/mol. The van der Waals surface area contributed by atoms with Crippen LogP contribution in [0.2, 0.25) is 0 Å². The van der Waals surface area contributed by atoms with Gasteiger partial charge in [0.1, 0.15) is 0 Å². The third kappa shape index (κ3) is 7.60. The number of aromatic nitrogens is 3. The molecule has 11 nitrogen and oxygen atoms in total. The number of pyridine rings is 1. The maximum absolute atomic E-state index is 13.9. The van der Waals surface area contributed by atoms with Crippen LogP contribution in [0.3, 0.4) is 0 Å². The molecule has 2 fully saturated rings. The van der Waals surface area contributed by atoms with Crippen LogP contribution in [0.15, 0.2) is 60.9 Å². The van der Waals surface area contributed by atoms with Gasteiger partial charge in [-0.2, -0.15) is 0 Å². The van der Waals surface area contributed by atoms with Gasteiger partial charge in [0.2, 0.25) is 11.7 Å². The number of amides is 1. The van der Waals surface area contributed by atoms with E-state index in [0.29, 0.717) is 48.4 Å². The first-order chi connectivity index (χ1) is 24.1. The van der Waals surface area contributed by atoms with Gasteiger partial charge in [-0.1, -0.05) is 12.1 Å². The molecule has 0 aliphatic carbocycles. The highest BCUT2D eigenvalue weighted by Crippen LogP contribution is 2.41. The Hall–Kier alpha value is -4.56. The fourth-order valence-electron chi connectivity index (χ4n) is 7.27. The molecule has 2 aromatic carbocycles. The average molecular weight is 697 g/mol. The Morgan fingerprint density at radius 3 is 2.34 bits per heavy atom. The summed E-state index contributed by atoms with van der Waals surface area (Å²) in [5, 5.41) is 0. The van der Waals surface area contributed by atoms with Gasteiger partial charge in [0.05, 0.1) is 39.0 Å². The number of halogens is 3. The van der Waals surface area contributed by atoms with Crippen LogP contribution in [-0.2, 0) is 16.7 Å². The lowest BCUT2D eigenvalue weighted by molar-refractivity contribution is -0.325. The summed E-state index contributed by atoms with van der Waals surface area (Å²) < 4.78 is 60.8. The topological polar surface area (TPSA) is 94.4 Å². The predicted octanol–water partition coefficient (Wildman–Crippen LogP) is 5.38. The van der Waals surface area contributed by atoms with E-state index >= 15 is 0 Å². The van der Waals surface area contributed by atoms with Gasteiger partial charge in [-0.3, -0.25) is 14.5 Å². The Balaban J connectivity index is 1.16. The molecule has 0 bridgehead atoms. The third-order valence-electron chi connectivity index (χ3n) is 9.84. The highest BCUT2D eigenvalue weighted by Gasteiger charge is 2.42. The van der Waals surface area contributed by atoms with E-state index in [4.69, 9.17) is 19.2 Å². The Morgan fingerprint density at radius 2 is 1.64 bits per heavy atom.